The molecule has 0 bridgehead atoms. The van der Waals surface area contributed by atoms with Gasteiger partial charge in [0.2, 0.25) is 10.0 Å². The van der Waals surface area contributed by atoms with E-state index in [1.54, 1.807) is 0 Å². The van der Waals surface area contributed by atoms with E-state index in [4.69, 9.17) is 20.9 Å². The summed E-state index contributed by atoms with van der Waals surface area (Å²) in [5.41, 5.74) is -0.128. The Labute approximate surface area is 190 Å². The number of nitrogens with zero attached hydrogens (tertiary/aromatic N) is 2. The Morgan fingerprint density at radius 2 is 1.25 bits per heavy atom. The zero-order valence-electron chi connectivity index (χ0n) is 16.9. The number of halogens is 1. The third kappa shape index (κ3) is 6.74. The third-order valence-corrected chi connectivity index (χ3v) is 7.79. The van der Waals surface area contributed by atoms with Crippen molar-refractivity contribution < 1.29 is 36.6 Å². The van der Waals surface area contributed by atoms with E-state index in [9.17, 15) is 26.4 Å². The van der Waals surface area contributed by atoms with Gasteiger partial charge in [0.25, 0.3) is 9.05 Å². The third-order valence-electron chi connectivity index (χ3n) is 4.54. The molecule has 0 unspecified atom stereocenters. The van der Waals surface area contributed by atoms with Crippen LogP contribution in [0.1, 0.15) is 20.7 Å². The molecule has 0 aliphatic carbocycles. The molecule has 2 N–H and O–H groups in total. The highest BCUT2D eigenvalue weighted by molar-refractivity contribution is 8.13. The van der Waals surface area contributed by atoms with E-state index in [1.807, 2.05) is 7.05 Å². The summed E-state index contributed by atoms with van der Waals surface area (Å²) in [6.45, 7) is 2.21. The van der Waals surface area contributed by atoms with Crippen LogP contribution in [0.2, 0.25) is 0 Å². The number of rotatable bonds is 5. The topological polar surface area (TPSA) is 149 Å². The minimum atomic E-state index is -3.85. The van der Waals surface area contributed by atoms with Gasteiger partial charge in [0, 0.05) is 36.9 Å². The van der Waals surface area contributed by atoms with Crippen LogP contribution in [0, 0.1) is 0 Å². The van der Waals surface area contributed by atoms with Crippen LogP contribution in [0.5, 0.6) is 0 Å². The molecule has 0 atom stereocenters. The molecule has 0 aromatic heterocycles. The normalized spacial score (nSPS) is 15.4. The summed E-state index contributed by atoms with van der Waals surface area (Å²) in [6, 6.07) is 10.3. The van der Waals surface area contributed by atoms with Crippen LogP contribution < -0.4 is 0 Å². The molecule has 32 heavy (non-hydrogen) atoms. The van der Waals surface area contributed by atoms with Crippen molar-refractivity contribution in [2.75, 3.05) is 33.2 Å². The highest BCUT2D eigenvalue weighted by Crippen LogP contribution is 2.19. The molecule has 0 spiro atoms. The first-order valence-corrected chi connectivity index (χ1v) is 12.9. The zero-order chi connectivity index (χ0) is 24.1. The lowest BCUT2D eigenvalue weighted by atomic mass is 10.2. The number of carbonyl (C=O) groups is 2. The van der Waals surface area contributed by atoms with Crippen LogP contribution in [0.4, 0.5) is 0 Å². The summed E-state index contributed by atoms with van der Waals surface area (Å²) >= 11 is 0. The summed E-state index contributed by atoms with van der Waals surface area (Å²) in [4.78, 5) is 23.2. The second-order valence-electron chi connectivity index (χ2n) is 6.81. The Hall–Kier alpha value is -2.51. The van der Waals surface area contributed by atoms with Gasteiger partial charge in [-0.25, -0.2) is 26.4 Å². The van der Waals surface area contributed by atoms with E-state index < -0.39 is 31.0 Å². The van der Waals surface area contributed by atoms with E-state index in [2.05, 4.69) is 4.90 Å². The molecule has 13 heteroatoms. The maximum atomic E-state index is 12.4. The Kier molecular flexibility index (Phi) is 8.37. The second-order valence-corrected chi connectivity index (χ2v) is 11.3. The second kappa shape index (κ2) is 10.4. The largest absolute Gasteiger partial charge is 0.478 e. The molecule has 1 saturated heterocycles. The molecule has 1 aliphatic rings. The monoisotopic (exact) mass is 504 g/mol. The number of piperazine rings is 1. The average Bonchev–Trinajstić information content (AvgIpc) is 2.74. The molecular formula is C19H21ClN2O8S2. The molecule has 1 fully saturated rings. The van der Waals surface area contributed by atoms with Gasteiger partial charge in [0.1, 0.15) is 0 Å². The number of sulfonamides is 1. The lowest BCUT2D eigenvalue weighted by molar-refractivity contribution is 0.0685. The number of likely N-dealkylation sites (N-methyl/N-ethyl adjacent to an activating group) is 1. The van der Waals surface area contributed by atoms with Crippen molar-refractivity contribution in [3.63, 3.8) is 0 Å². The van der Waals surface area contributed by atoms with Crippen LogP contribution in [-0.4, -0.2) is 81.4 Å². The molecule has 1 heterocycles. The van der Waals surface area contributed by atoms with Crippen molar-refractivity contribution in [1.29, 1.82) is 0 Å². The van der Waals surface area contributed by atoms with Gasteiger partial charge in [0.15, 0.2) is 0 Å². The van der Waals surface area contributed by atoms with Crippen molar-refractivity contribution >= 4 is 41.7 Å². The molecule has 2 aromatic carbocycles. The van der Waals surface area contributed by atoms with Crippen molar-refractivity contribution in [1.82, 2.24) is 9.21 Å². The fourth-order valence-corrected chi connectivity index (χ4v) is 5.01. The van der Waals surface area contributed by atoms with Crippen molar-refractivity contribution in [2.24, 2.45) is 0 Å². The maximum Gasteiger partial charge on any atom is 0.335 e. The van der Waals surface area contributed by atoms with E-state index in [-0.39, 0.29) is 20.9 Å². The molecular weight excluding hydrogens is 484 g/mol. The van der Waals surface area contributed by atoms with Gasteiger partial charge in [-0.3, -0.25) is 0 Å². The van der Waals surface area contributed by atoms with Crippen LogP contribution in [-0.2, 0) is 19.1 Å². The Balaban J connectivity index is 0.000000244. The van der Waals surface area contributed by atoms with Crippen LogP contribution in [0.15, 0.2) is 58.3 Å². The number of carboxylic acid groups (broad SMARTS) is 2. The number of hydrogen-bond donors (Lipinski definition) is 2. The number of benzene rings is 2. The molecule has 3 rings (SSSR count). The fraction of sp³-hybridized carbons (Fsp3) is 0.263. The van der Waals surface area contributed by atoms with Crippen molar-refractivity contribution in [3.8, 4) is 0 Å². The fourth-order valence-electron chi connectivity index (χ4n) is 2.75. The summed E-state index contributed by atoms with van der Waals surface area (Å²) < 4.78 is 47.7. The van der Waals surface area contributed by atoms with Gasteiger partial charge in [-0.05, 0) is 43.4 Å². The number of carboxylic acids is 2. The quantitative estimate of drug-likeness (QED) is 0.579. The van der Waals surface area contributed by atoms with E-state index >= 15 is 0 Å². The molecule has 1 aliphatic heterocycles. The summed E-state index contributed by atoms with van der Waals surface area (Å²) in [6.07, 6.45) is 0. The highest BCUT2D eigenvalue weighted by atomic mass is 35.7. The molecule has 10 nitrogen and oxygen atoms in total. The van der Waals surface area contributed by atoms with E-state index in [1.165, 1.54) is 46.8 Å². The van der Waals surface area contributed by atoms with Crippen LogP contribution in [0.3, 0.4) is 0 Å². The Morgan fingerprint density at radius 3 is 1.69 bits per heavy atom. The number of hydrogen-bond acceptors (Lipinski definition) is 7. The first-order valence-electron chi connectivity index (χ1n) is 9.12. The first kappa shape index (κ1) is 25.7. The van der Waals surface area contributed by atoms with Crippen molar-refractivity contribution in [2.45, 2.75) is 9.79 Å². The summed E-state index contributed by atoms with van der Waals surface area (Å²) in [5, 5.41) is 17.4. The first-order chi connectivity index (χ1) is 14.8. The van der Waals surface area contributed by atoms with Gasteiger partial charge in [0.05, 0.1) is 20.9 Å². The standard InChI is InChI=1S/C12H16N2O4S.C7H5ClO4S/c1-13-5-7-14(8-6-13)19(17,18)11-4-2-3-10(9-11)12(15)16;8-13(11,12)6-3-1-2-5(4-6)7(9)10/h2-4,9H,5-8H2,1H3,(H,15,16);1-4H,(H,9,10). The highest BCUT2D eigenvalue weighted by Gasteiger charge is 2.27. The zero-order valence-corrected chi connectivity index (χ0v) is 19.3. The van der Waals surface area contributed by atoms with Gasteiger partial charge in [-0.1, -0.05) is 12.1 Å². The molecule has 0 saturated carbocycles. The predicted molar refractivity (Wildman–Crippen MR) is 116 cm³/mol. The van der Waals surface area contributed by atoms with Crippen molar-refractivity contribution in [3.05, 3.63) is 59.7 Å². The number of aromatic carboxylic acids is 2. The smallest absolute Gasteiger partial charge is 0.335 e. The van der Waals surface area contributed by atoms with Crippen LogP contribution in [0.25, 0.3) is 0 Å². The maximum absolute atomic E-state index is 12.4. The van der Waals surface area contributed by atoms with Gasteiger partial charge < -0.3 is 15.1 Å². The summed E-state index contributed by atoms with van der Waals surface area (Å²) in [5.74, 6) is -2.32. The lowest BCUT2D eigenvalue weighted by Gasteiger charge is -2.31. The van der Waals surface area contributed by atoms with E-state index in [0.717, 1.165) is 6.07 Å². The lowest BCUT2D eigenvalue weighted by Crippen LogP contribution is -2.47. The minimum Gasteiger partial charge on any atom is -0.478 e. The average molecular weight is 505 g/mol. The van der Waals surface area contributed by atoms with Gasteiger partial charge >= 0.3 is 11.9 Å². The SMILES string of the molecule is CN1CCN(S(=O)(=O)c2cccc(C(=O)O)c2)CC1.O=C(O)c1cccc(S(=O)(=O)Cl)c1. The predicted octanol–water partition coefficient (Wildman–Crippen LogP) is 1.63. The minimum absolute atomic E-state index is 0.0183. The molecule has 2 aromatic rings. The molecule has 0 radical (unpaired) electrons. The summed E-state index contributed by atoms with van der Waals surface area (Å²) in [7, 11) is -0.494. The van der Waals surface area contributed by atoms with E-state index in [0.29, 0.717) is 26.2 Å². The Morgan fingerprint density at radius 1 is 0.812 bits per heavy atom. The molecule has 174 valence electrons. The van der Waals surface area contributed by atoms with Crippen LogP contribution >= 0.6 is 10.7 Å². The van der Waals surface area contributed by atoms with Gasteiger partial charge in [-0.2, -0.15) is 4.31 Å². The Bertz CT molecular complexity index is 1210. The molecule has 0 amide bonds. The van der Waals surface area contributed by atoms with Gasteiger partial charge in [-0.15, -0.1) is 0 Å².